The van der Waals surface area contributed by atoms with Crippen molar-refractivity contribution in [2.24, 2.45) is 5.14 Å². The number of phenolic OH excluding ortho intramolecular Hbond substituents is 1. The van der Waals surface area contributed by atoms with Crippen molar-refractivity contribution in [2.45, 2.75) is 10.9 Å². The van der Waals surface area contributed by atoms with Crippen molar-refractivity contribution in [3.05, 3.63) is 87.9 Å². The van der Waals surface area contributed by atoms with E-state index in [1.807, 2.05) is 0 Å². The molecule has 1 amide bonds. The van der Waals surface area contributed by atoms with Gasteiger partial charge in [0, 0.05) is 15.7 Å². The van der Waals surface area contributed by atoms with Gasteiger partial charge in [-0.25, -0.2) is 13.6 Å². The van der Waals surface area contributed by atoms with Crippen molar-refractivity contribution in [2.75, 3.05) is 12.0 Å². The number of ether oxygens (including phenoxy) is 1. The van der Waals surface area contributed by atoms with Gasteiger partial charge in [-0.1, -0.05) is 34.1 Å². The Morgan fingerprint density at radius 3 is 2.23 bits per heavy atom. The number of primary sulfonamides is 1. The van der Waals surface area contributed by atoms with E-state index in [0.29, 0.717) is 11.1 Å². The fourth-order valence-electron chi connectivity index (χ4n) is 3.84. The highest BCUT2D eigenvalue weighted by Gasteiger charge is 2.47. The Balaban J connectivity index is 1.95. The van der Waals surface area contributed by atoms with E-state index in [2.05, 4.69) is 15.9 Å². The van der Waals surface area contributed by atoms with Gasteiger partial charge >= 0.3 is 0 Å². The van der Waals surface area contributed by atoms with Crippen LogP contribution in [0.5, 0.6) is 11.5 Å². The number of Topliss-reactive ketones (excluding diaryl/α,β-unsaturated/α-hetero) is 1. The van der Waals surface area contributed by atoms with Crippen LogP contribution in [0.2, 0.25) is 0 Å². The molecule has 1 atom stereocenters. The van der Waals surface area contributed by atoms with Crippen LogP contribution in [-0.4, -0.2) is 37.4 Å². The van der Waals surface area contributed by atoms with Crippen LogP contribution in [0.1, 0.15) is 17.2 Å². The molecule has 3 aromatic carbocycles. The van der Waals surface area contributed by atoms with Crippen LogP contribution < -0.4 is 14.8 Å². The van der Waals surface area contributed by atoms with E-state index in [4.69, 9.17) is 9.88 Å². The molecular formula is C24H19BrN2O7S. The highest BCUT2D eigenvalue weighted by Crippen LogP contribution is 2.44. The van der Waals surface area contributed by atoms with E-state index in [9.17, 15) is 28.2 Å². The van der Waals surface area contributed by atoms with Gasteiger partial charge in [0.1, 0.15) is 5.76 Å². The molecule has 1 heterocycles. The Morgan fingerprint density at radius 2 is 1.66 bits per heavy atom. The quantitative estimate of drug-likeness (QED) is 0.247. The van der Waals surface area contributed by atoms with Crippen molar-refractivity contribution in [3.63, 3.8) is 0 Å². The van der Waals surface area contributed by atoms with Gasteiger partial charge in [-0.2, -0.15) is 0 Å². The molecule has 4 rings (SSSR count). The third-order valence-electron chi connectivity index (χ3n) is 5.53. The molecule has 1 aliphatic heterocycles. The average Bonchev–Trinajstić information content (AvgIpc) is 3.09. The zero-order valence-corrected chi connectivity index (χ0v) is 20.6. The molecule has 1 saturated heterocycles. The lowest BCUT2D eigenvalue weighted by molar-refractivity contribution is -0.132. The minimum atomic E-state index is -3.98. The van der Waals surface area contributed by atoms with Crippen LogP contribution in [0, 0.1) is 0 Å². The van der Waals surface area contributed by atoms with Crippen LogP contribution in [-0.2, 0) is 19.6 Å². The molecule has 1 aliphatic rings. The van der Waals surface area contributed by atoms with Gasteiger partial charge in [0.25, 0.3) is 11.7 Å². The number of halogens is 1. The number of phenols is 1. The number of carbonyl (C=O) groups excluding carboxylic acids is 2. The number of hydrogen-bond acceptors (Lipinski definition) is 7. The zero-order valence-electron chi connectivity index (χ0n) is 18.2. The summed E-state index contributed by atoms with van der Waals surface area (Å²) in [5.41, 5.74) is 0.700. The fraction of sp³-hybridized carbons (Fsp3) is 0.0833. The standard InChI is InChI=1S/C24H19BrN2O7S/c1-34-19-12-14(4-11-18(19)28)21-20(22(29)13-2-5-15(25)6-3-13)23(30)24(31)27(21)16-7-9-17(10-8-16)35(26,32)33/h2-12,21,28-29H,1H3,(H2,26,32,33)/b22-20+/t21-/m0/s1. The first-order valence-electron chi connectivity index (χ1n) is 10.1. The van der Waals surface area contributed by atoms with E-state index < -0.39 is 33.5 Å². The van der Waals surface area contributed by atoms with Crippen LogP contribution >= 0.6 is 15.9 Å². The number of methoxy groups -OCH3 is 1. The molecule has 11 heteroatoms. The molecule has 0 unspecified atom stereocenters. The second kappa shape index (κ2) is 9.17. The van der Waals surface area contributed by atoms with Crippen LogP contribution in [0.4, 0.5) is 5.69 Å². The average molecular weight is 559 g/mol. The van der Waals surface area contributed by atoms with Crippen LogP contribution in [0.25, 0.3) is 5.76 Å². The highest BCUT2D eigenvalue weighted by atomic mass is 79.9. The summed E-state index contributed by atoms with van der Waals surface area (Å²) in [5.74, 6) is -2.31. The van der Waals surface area contributed by atoms with Gasteiger partial charge in [0.2, 0.25) is 10.0 Å². The summed E-state index contributed by atoms with van der Waals surface area (Å²) in [4.78, 5) is 27.4. The van der Waals surface area contributed by atoms with Crippen molar-refractivity contribution < 1.29 is 33.0 Å². The van der Waals surface area contributed by atoms with E-state index in [0.717, 1.165) is 9.37 Å². The summed E-state index contributed by atoms with van der Waals surface area (Å²) in [6.45, 7) is 0. The molecule has 180 valence electrons. The molecule has 0 aliphatic carbocycles. The maximum absolute atomic E-state index is 13.2. The van der Waals surface area contributed by atoms with Gasteiger partial charge in [0.05, 0.1) is 23.6 Å². The van der Waals surface area contributed by atoms with Crippen LogP contribution in [0.3, 0.4) is 0 Å². The van der Waals surface area contributed by atoms with Gasteiger partial charge < -0.3 is 14.9 Å². The molecule has 3 aromatic rings. The first kappa shape index (κ1) is 24.5. The van der Waals surface area contributed by atoms with E-state index in [-0.39, 0.29) is 27.7 Å². The van der Waals surface area contributed by atoms with Crippen molar-refractivity contribution in [1.29, 1.82) is 0 Å². The normalized spacial score (nSPS) is 17.6. The maximum atomic E-state index is 13.2. The van der Waals surface area contributed by atoms with E-state index in [1.165, 1.54) is 49.6 Å². The number of carbonyl (C=O) groups is 2. The Hall–Kier alpha value is -3.67. The lowest BCUT2D eigenvalue weighted by Gasteiger charge is -2.26. The second-order valence-electron chi connectivity index (χ2n) is 7.65. The summed E-state index contributed by atoms with van der Waals surface area (Å²) >= 11 is 3.31. The number of ketones is 1. The highest BCUT2D eigenvalue weighted by molar-refractivity contribution is 9.10. The Labute approximate surface area is 209 Å². The Morgan fingerprint density at radius 1 is 1.03 bits per heavy atom. The first-order valence-corrected chi connectivity index (χ1v) is 12.4. The molecule has 35 heavy (non-hydrogen) atoms. The number of benzene rings is 3. The largest absolute Gasteiger partial charge is 0.507 e. The summed E-state index contributed by atoms with van der Waals surface area (Å²) in [6.07, 6.45) is 0. The number of aliphatic hydroxyl groups is 1. The van der Waals surface area contributed by atoms with Crippen LogP contribution in [0.15, 0.2) is 81.7 Å². The van der Waals surface area contributed by atoms with Crippen molar-refractivity contribution in [1.82, 2.24) is 0 Å². The molecule has 4 N–H and O–H groups in total. The van der Waals surface area contributed by atoms with Crippen molar-refractivity contribution in [3.8, 4) is 11.5 Å². The first-order chi connectivity index (χ1) is 16.5. The lowest BCUT2D eigenvalue weighted by atomic mass is 9.95. The number of nitrogens with two attached hydrogens (primary N) is 1. The molecule has 0 radical (unpaired) electrons. The minimum Gasteiger partial charge on any atom is -0.507 e. The predicted molar refractivity (Wildman–Crippen MR) is 131 cm³/mol. The number of aromatic hydroxyl groups is 1. The molecule has 0 spiro atoms. The Bertz CT molecular complexity index is 1470. The topological polar surface area (TPSA) is 147 Å². The Kier molecular flexibility index (Phi) is 6.41. The third-order valence-corrected chi connectivity index (χ3v) is 6.98. The van der Waals surface area contributed by atoms with Gasteiger partial charge in [0.15, 0.2) is 11.5 Å². The second-order valence-corrected chi connectivity index (χ2v) is 10.1. The summed E-state index contributed by atoms with van der Waals surface area (Å²) in [7, 11) is -2.63. The molecular weight excluding hydrogens is 540 g/mol. The number of anilines is 1. The summed E-state index contributed by atoms with van der Waals surface area (Å²) in [5, 5.41) is 26.3. The number of nitrogens with zero attached hydrogens (tertiary/aromatic N) is 1. The lowest BCUT2D eigenvalue weighted by Crippen LogP contribution is -2.29. The minimum absolute atomic E-state index is 0.0984. The molecule has 0 aromatic heterocycles. The summed E-state index contributed by atoms with van der Waals surface area (Å²) < 4.78 is 29.2. The summed E-state index contributed by atoms with van der Waals surface area (Å²) in [6, 6.07) is 14.8. The number of hydrogen-bond donors (Lipinski definition) is 3. The van der Waals surface area contributed by atoms with E-state index in [1.54, 1.807) is 24.3 Å². The fourth-order valence-corrected chi connectivity index (χ4v) is 4.62. The SMILES string of the molecule is COc1cc([C@H]2/C(=C(\O)c3ccc(Br)cc3)C(=O)C(=O)N2c2ccc(S(N)(=O)=O)cc2)ccc1O. The number of sulfonamides is 1. The third kappa shape index (κ3) is 4.53. The monoisotopic (exact) mass is 558 g/mol. The molecule has 0 saturated carbocycles. The molecule has 9 nitrogen and oxygen atoms in total. The van der Waals surface area contributed by atoms with E-state index >= 15 is 0 Å². The van der Waals surface area contributed by atoms with Gasteiger partial charge in [-0.05, 0) is 54.1 Å². The maximum Gasteiger partial charge on any atom is 0.300 e. The smallest absolute Gasteiger partial charge is 0.300 e. The molecule has 0 bridgehead atoms. The zero-order chi connectivity index (χ0) is 25.5. The predicted octanol–water partition coefficient (Wildman–Crippen LogP) is 3.44. The van der Waals surface area contributed by atoms with Gasteiger partial charge in [-0.3, -0.25) is 14.5 Å². The number of amides is 1. The van der Waals surface area contributed by atoms with Crippen molar-refractivity contribution >= 4 is 49.1 Å². The molecule has 1 fully saturated rings. The number of rotatable bonds is 5. The van der Waals surface area contributed by atoms with Gasteiger partial charge in [-0.15, -0.1) is 0 Å². The number of aliphatic hydroxyl groups excluding tert-OH is 1.